The van der Waals surface area contributed by atoms with Crippen LogP contribution < -0.4 is 16.2 Å². The Hall–Kier alpha value is -2.37. The van der Waals surface area contributed by atoms with Crippen molar-refractivity contribution in [3.05, 3.63) is 32.1 Å². The summed E-state index contributed by atoms with van der Waals surface area (Å²) in [4.78, 5) is 44.5. The van der Waals surface area contributed by atoms with Gasteiger partial charge in [-0.3, -0.25) is 9.36 Å². The van der Waals surface area contributed by atoms with Gasteiger partial charge in [0.15, 0.2) is 5.16 Å². The topological polar surface area (TPSA) is 112 Å². The third-order valence-corrected chi connectivity index (χ3v) is 7.44. The van der Waals surface area contributed by atoms with Gasteiger partial charge in [-0.15, -0.1) is 11.3 Å². The quantitative estimate of drug-likeness (QED) is 0.226. The number of urea groups is 1. The number of fused-ring (bicyclic) bond motifs is 1. The zero-order valence-electron chi connectivity index (χ0n) is 19.6. The van der Waals surface area contributed by atoms with Crippen LogP contribution in [0, 0.1) is 13.8 Å². The average Bonchev–Trinajstić information content (AvgIpc) is 3.04. The SMILES string of the molecule is CCOCCCn1c(SCC2=C(C(=O)OCC)[C@H](C)NC(=O)N2)nc2sc(C)c(C)c2c1=O. The number of hydrogen-bond donors (Lipinski definition) is 2. The number of nitrogens with zero attached hydrogens (tertiary/aromatic N) is 2. The molecule has 1 aliphatic rings. The second-order valence-electron chi connectivity index (χ2n) is 7.59. The summed E-state index contributed by atoms with van der Waals surface area (Å²) in [7, 11) is 0. The first-order valence-electron chi connectivity index (χ1n) is 11.0. The van der Waals surface area contributed by atoms with Crippen molar-refractivity contribution in [1.82, 2.24) is 20.2 Å². The van der Waals surface area contributed by atoms with Crippen LogP contribution >= 0.6 is 23.1 Å². The molecule has 9 nitrogen and oxygen atoms in total. The fraction of sp³-hybridized carbons (Fsp3) is 0.545. The summed E-state index contributed by atoms with van der Waals surface area (Å²) in [6.07, 6.45) is 0.672. The summed E-state index contributed by atoms with van der Waals surface area (Å²) in [5.41, 5.74) is 1.71. The number of ether oxygens (including phenoxy) is 2. The smallest absolute Gasteiger partial charge is 0.337 e. The number of amides is 2. The van der Waals surface area contributed by atoms with Gasteiger partial charge in [0.1, 0.15) is 4.83 Å². The second kappa shape index (κ2) is 11.2. The highest BCUT2D eigenvalue weighted by molar-refractivity contribution is 7.99. The zero-order valence-corrected chi connectivity index (χ0v) is 21.2. The van der Waals surface area contributed by atoms with E-state index in [1.807, 2.05) is 20.8 Å². The van der Waals surface area contributed by atoms with Crippen molar-refractivity contribution in [3.63, 3.8) is 0 Å². The first kappa shape index (κ1) is 25.3. The van der Waals surface area contributed by atoms with Crippen molar-refractivity contribution in [3.8, 4) is 0 Å². The molecule has 0 saturated carbocycles. The fourth-order valence-electron chi connectivity index (χ4n) is 3.62. The average molecular weight is 495 g/mol. The standard InChI is InChI=1S/C22H30N4O5S2/c1-6-30-10-8-9-26-19(27)16-12(3)14(5)33-18(16)25-22(26)32-11-15-17(20(28)31-7-2)13(4)23-21(29)24-15/h13H,6-11H2,1-5H3,(H2,23,24,29)/t13-/m0/s1. The van der Waals surface area contributed by atoms with E-state index in [0.717, 1.165) is 10.4 Å². The van der Waals surface area contributed by atoms with Crippen LogP contribution in [0.5, 0.6) is 0 Å². The molecule has 2 amide bonds. The van der Waals surface area contributed by atoms with Gasteiger partial charge in [0.05, 0.1) is 23.6 Å². The van der Waals surface area contributed by atoms with Gasteiger partial charge in [0, 0.05) is 36.1 Å². The Kier molecular flexibility index (Phi) is 8.55. The molecule has 3 rings (SSSR count). The molecule has 0 bridgehead atoms. The normalized spacial score (nSPS) is 16.2. The molecule has 3 heterocycles. The Bertz CT molecular complexity index is 1140. The van der Waals surface area contributed by atoms with Crippen molar-refractivity contribution in [2.24, 2.45) is 0 Å². The number of thioether (sulfide) groups is 1. The molecular formula is C22H30N4O5S2. The van der Waals surface area contributed by atoms with E-state index < -0.39 is 12.0 Å². The summed E-state index contributed by atoms with van der Waals surface area (Å²) in [5, 5.41) is 6.61. The largest absolute Gasteiger partial charge is 0.463 e. The molecule has 11 heteroatoms. The van der Waals surface area contributed by atoms with Gasteiger partial charge in [-0.1, -0.05) is 11.8 Å². The Balaban J connectivity index is 1.97. The minimum Gasteiger partial charge on any atom is -0.463 e. The van der Waals surface area contributed by atoms with Gasteiger partial charge >= 0.3 is 12.0 Å². The van der Waals surface area contributed by atoms with E-state index in [4.69, 9.17) is 14.5 Å². The van der Waals surface area contributed by atoms with E-state index in [1.54, 1.807) is 18.4 Å². The highest BCUT2D eigenvalue weighted by atomic mass is 32.2. The number of hydrogen-bond acceptors (Lipinski definition) is 8. The minimum absolute atomic E-state index is 0.0804. The fourth-order valence-corrected chi connectivity index (χ4v) is 5.68. The number of carbonyl (C=O) groups is 2. The van der Waals surface area contributed by atoms with Crippen LogP contribution in [0.25, 0.3) is 10.2 Å². The maximum absolute atomic E-state index is 13.4. The van der Waals surface area contributed by atoms with Gasteiger partial charge < -0.3 is 20.1 Å². The number of nitrogens with one attached hydrogen (secondary N) is 2. The van der Waals surface area contributed by atoms with Crippen molar-refractivity contribution in [1.29, 1.82) is 0 Å². The first-order chi connectivity index (χ1) is 15.8. The van der Waals surface area contributed by atoms with Crippen LogP contribution in [0.15, 0.2) is 21.2 Å². The lowest BCUT2D eigenvalue weighted by Crippen LogP contribution is -2.49. The molecule has 1 atom stereocenters. The molecule has 0 fully saturated rings. The van der Waals surface area contributed by atoms with E-state index >= 15 is 0 Å². The molecule has 0 aromatic carbocycles. The van der Waals surface area contributed by atoms with Gasteiger partial charge in [-0.2, -0.15) is 0 Å². The summed E-state index contributed by atoms with van der Waals surface area (Å²) in [6, 6.07) is -0.868. The first-order valence-corrected chi connectivity index (χ1v) is 12.8. The van der Waals surface area contributed by atoms with E-state index in [-0.39, 0.29) is 24.0 Å². The third kappa shape index (κ3) is 5.59. The molecule has 33 heavy (non-hydrogen) atoms. The van der Waals surface area contributed by atoms with Crippen LogP contribution in [-0.4, -0.2) is 53.2 Å². The van der Waals surface area contributed by atoms with Crippen LogP contribution in [0.4, 0.5) is 4.79 Å². The van der Waals surface area contributed by atoms with Crippen molar-refractivity contribution in [2.75, 3.05) is 25.6 Å². The van der Waals surface area contributed by atoms with Crippen LogP contribution in [-0.2, 0) is 20.8 Å². The van der Waals surface area contributed by atoms with Gasteiger partial charge in [0.25, 0.3) is 5.56 Å². The van der Waals surface area contributed by atoms with Crippen LogP contribution in [0.3, 0.4) is 0 Å². The predicted octanol–water partition coefficient (Wildman–Crippen LogP) is 3.11. The molecule has 2 aromatic rings. The Morgan fingerprint density at radius 1 is 1.24 bits per heavy atom. The summed E-state index contributed by atoms with van der Waals surface area (Å²) in [6.45, 7) is 11.2. The molecule has 2 aromatic heterocycles. The lowest BCUT2D eigenvalue weighted by molar-refractivity contribution is -0.138. The number of esters is 1. The lowest BCUT2D eigenvalue weighted by Gasteiger charge is -2.26. The Morgan fingerprint density at radius 2 is 2.00 bits per heavy atom. The van der Waals surface area contributed by atoms with E-state index in [0.29, 0.717) is 52.8 Å². The van der Waals surface area contributed by atoms with Crippen molar-refractivity contribution in [2.45, 2.75) is 58.8 Å². The molecule has 0 spiro atoms. The number of rotatable bonds is 10. The molecule has 1 aliphatic heterocycles. The monoisotopic (exact) mass is 494 g/mol. The number of aryl methyl sites for hydroxylation is 2. The summed E-state index contributed by atoms with van der Waals surface area (Å²) >= 11 is 2.81. The van der Waals surface area contributed by atoms with Crippen molar-refractivity contribution >= 4 is 45.3 Å². The minimum atomic E-state index is -0.486. The van der Waals surface area contributed by atoms with Crippen LogP contribution in [0.2, 0.25) is 0 Å². The van der Waals surface area contributed by atoms with E-state index in [1.165, 1.54) is 23.1 Å². The van der Waals surface area contributed by atoms with Crippen LogP contribution in [0.1, 0.15) is 37.6 Å². The summed E-state index contributed by atoms with van der Waals surface area (Å²) < 4.78 is 12.3. The van der Waals surface area contributed by atoms with Gasteiger partial charge in [-0.05, 0) is 46.6 Å². The Morgan fingerprint density at radius 3 is 2.70 bits per heavy atom. The predicted molar refractivity (Wildman–Crippen MR) is 130 cm³/mol. The molecule has 0 aliphatic carbocycles. The molecule has 180 valence electrons. The number of aromatic nitrogens is 2. The van der Waals surface area contributed by atoms with Gasteiger partial charge in [0.2, 0.25) is 0 Å². The number of thiophene rings is 1. The maximum Gasteiger partial charge on any atom is 0.337 e. The highest BCUT2D eigenvalue weighted by Gasteiger charge is 2.30. The van der Waals surface area contributed by atoms with E-state index in [2.05, 4.69) is 10.6 Å². The second-order valence-corrected chi connectivity index (χ2v) is 9.73. The molecule has 0 unspecified atom stereocenters. The Labute approximate surface area is 200 Å². The molecule has 2 N–H and O–H groups in total. The molecular weight excluding hydrogens is 464 g/mol. The maximum atomic E-state index is 13.4. The third-order valence-electron chi connectivity index (χ3n) is 5.34. The lowest BCUT2D eigenvalue weighted by atomic mass is 10.1. The van der Waals surface area contributed by atoms with E-state index in [9.17, 15) is 14.4 Å². The molecule has 0 saturated heterocycles. The summed E-state index contributed by atoms with van der Waals surface area (Å²) in [5.74, 6) is -0.214. The number of carbonyl (C=O) groups excluding carboxylic acids is 2. The molecule has 0 radical (unpaired) electrons. The van der Waals surface area contributed by atoms with Crippen molar-refractivity contribution < 1.29 is 19.1 Å². The van der Waals surface area contributed by atoms with Gasteiger partial charge in [-0.25, -0.2) is 14.6 Å². The highest BCUT2D eigenvalue weighted by Crippen LogP contribution is 2.29. The zero-order chi connectivity index (χ0) is 24.1.